The predicted molar refractivity (Wildman–Crippen MR) is 134 cm³/mol. The number of halogens is 2. The van der Waals surface area contributed by atoms with Gasteiger partial charge in [-0.05, 0) is 31.7 Å². The van der Waals surface area contributed by atoms with Crippen molar-refractivity contribution in [2.45, 2.75) is 110 Å². The molecule has 0 bridgehead atoms. The van der Waals surface area contributed by atoms with Gasteiger partial charge in [0.05, 0.1) is 13.2 Å². The number of benzene rings is 1. The first-order valence-electron chi connectivity index (χ1n) is 13.6. The van der Waals surface area contributed by atoms with Crippen LogP contribution in [0.4, 0.5) is 8.78 Å². The molecule has 0 saturated carbocycles. The van der Waals surface area contributed by atoms with E-state index in [9.17, 15) is 4.39 Å². The van der Waals surface area contributed by atoms with Crippen molar-refractivity contribution in [2.75, 3.05) is 33.0 Å². The number of rotatable bonds is 19. The summed E-state index contributed by atoms with van der Waals surface area (Å²) < 4.78 is 60.0. The summed E-state index contributed by atoms with van der Waals surface area (Å²) in [4.78, 5) is 0. The molecular weight excluding hydrogens is 454 g/mol. The van der Waals surface area contributed by atoms with Crippen LogP contribution in [-0.4, -0.2) is 51.3 Å². The van der Waals surface area contributed by atoms with E-state index < -0.39 is 36.1 Å². The normalized spacial score (nSPS) is 22.2. The van der Waals surface area contributed by atoms with Gasteiger partial charge in [0, 0.05) is 43.6 Å². The van der Waals surface area contributed by atoms with Crippen molar-refractivity contribution >= 4 is 0 Å². The van der Waals surface area contributed by atoms with Crippen molar-refractivity contribution < 1.29 is 32.5 Å². The molecule has 0 aliphatic carbocycles. The maximum absolute atomic E-state index is 15.1. The van der Waals surface area contributed by atoms with E-state index >= 15 is 4.39 Å². The Kier molecular flexibility index (Phi) is 14.9. The second kappa shape index (κ2) is 17.4. The van der Waals surface area contributed by atoms with Gasteiger partial charge in [0.1, 0.15) is 36.1 Å². The van der Waals surface area contributed by atoms with Gasteiger partial charge in [0.2, 0.25) is 0 Å². The standard InChI is InChI=1S/C28H46F2O5/c1-5-9-13-31-19-21-17-22(24(30)18-23(21)29)26-28(34-16-12-8-4)27(33-15-11-7-3)25(35-26)20-32-14-10-6-2/h17-18,25-28H,5-16,19-20H2,1-4H3/t25-,26+,27+,28?/m1/s1. The molecule has 4 atom stereocenters. The van der Waals surface area contributed by atoms with E-state index in [2.05, 4.69) is 27.7 Å². The molecule has 1 heterocycles. The topological polar surface area (TPSA) is 46.2 Å². The number of unbranched alkanes of at least 4 members (excludes halogenated alkanes) is 4. The van der Waals surface area contributed by atoms with Crippen LogP contribution in [0.15, 0.2) is 12.1 Å². The lowest BCUT2D eigenvalue weighted by atomic mass is 9.98. The van der Waals surface area contributed by atoms with Gasteiger partial charge >= 0.3 is 0 Å². The zero-order valence-electron chi connectivity index (χ0n) is 22.2. The second-order valence-electron chi connectivity index (χ2n) is 9.27. The van der Waals surface area contributed by atoms with E-state index in [0.29, 0.717) is 38.6 Å². The minimum absolute atomic E-state index is 0.0905. The lowest BCUT2D eigenvalue weighted by Gasteiger charge is -2.25. The Balaban J connectivity index is 2.28. The third kappa shape index (κ3) is 9.69. The fourth-order valence-electron chi connectivity index (χ4n) is 4.04. The molecule has 202 valence electrons. The summed E-state index contributed by atoms with van der Waals surface area (Å²) in [6, 6.07) is 2.46. The van der Waals surface area contributed by atoms with Crippen molar-refractivity contribution in [3.05, 3.63) is 34.9 Å². The average molecular weight is 501 g/mol. The Morgan fingerprint density at radius 2 is 1.29 bits per heavy atom. The van der Waals surface area contributed by atoms with E-state index in [0.717, 1.165) is 57.4 Å². The average Bonchev–Trinajstić information content (AvgIpc) is 3.18. The molecule has 2 rings (SSSR count). The molecule has 0 radical (unpaired) electrons. The summed E-state index contributed by atoms with van der Waals surface area (Å²) in [5.74, 6) is -1.26. The van der Waals surface area contributed by atoms with E-state index in [4.69, 9.17) is 23.7 Å². The molecule has 0 N–H and O–H groups in total. The number of hydrogen-bond acceptors (Lipinski definition) is 5. The molecule has 0 spiro atoms. The fourth-order valence-corrected chi connectivity index (χ4v) is 4.04. The van der Waals surface area contributed by atoms with Crippen LogP contribution in [0.25, 0.3) is 0 Å². The van der Waals surface area contributed by atoms with Crippen LogP contribution in [0.3, 0.4) is 0 Å². The second-order valence-corrected chi connectivity index (χ2v) is 9.27. The number of hydrogen-bond donors (Lipinski definition) is 0. The van der Waals surface area contributed by atoms with Gasteiger partial charge in [-0.15, -0.1) is 0 Å². The molecule has 1 unspecified atom stereocenters. The highest BCUT2D eigenvalue weighted by molar-refractivity contribution is 5.30. The molecule has 35 heavy (non-hydrogen) atoms. The molecule has 1 aliphatic heterocycles. The quantitative estimate of drug-likeness (QED) is 0.193. The smallest absolute Gasteiger partial charge is 0.132 e. The summed E-state index contributed by atoms with van der Waals surface area (Å²) >= 11 is 0. The Labute approximate surface area is 210 Å². The molecule has 1 fully saturated rings. The minimum atomic E-state index is -0.715. The monoisotopic (exact) mass is 500 g/mol. The molecule has 1 aromatic carbocycles. The summed E-state index contributed by atoms with van der Waals surface area (Å²) in [6.45, 7) is 11.1. The van der Waals surface area contributed by atoms with Gasteiger partial charge in [0.25, 0.3) is 0 Å². The van der Waals surface area contributed by atoms with Gasteiger partial charge in [-0.2, -0.15) is 0 Å². The third-order valence-corrected chi connectivity index (χ3v) is 6.22. The zero-order chi connectivity index (χ0) is 25.5. The Bertz CT molecular complexity index is 702. The van der Waals surface area contributed by atoms with Crippen LogP contribution >= 0.6 is 0 Å². The van der Waals surface area contributed by atoms with Crippen LogP contribution in [0.5, 0.6) is 0 Å². The first-order valence-corrected chi connectivity index (χ1v) is 13.6. The summed E-state index contributed by atoms with van der Waals surface area (Å²) in [5, 5.41) is 0. The van der Waals surface area contributed by atoms with E-state index in [1.165, 1.54) is 6.07 Å². The summed E-state index contributed by atoms with van der Waals surface area (Å²) in [5.41, 5.74) is 0.599. The summed E-state index contributed by atoms with van der Waals surface area (Å²) in [6.07, 6.45) is 5.65. The highest BCUT2D eigenvalue weighted by Gasteiger charge is 2.48. The molecule has 0 aromatic heterocycles. The van der Waals surface area contributed by atoms with Crippen LogP contribution < -0.4 is 0 Å². The first-order chi connectivity index (χ1) is 17.1. The van der Waals surface area contributed by atoms with Crippen LogP contribution in [0.1, 0.15) is 96.3 Å². The van der Waals surface area contributed by atoms with E-state index in [-0.39, 0.29) is 12.2 Å². The number of ether oxygens (including phenoxy) is 5. The Hall–Kier alpha value is -1.12. The Morgan fingerprint density at radius 1 is 0.714 bits per heavy atom. The van der Waals surface area contributed by atoms with Gasteiger partial charge in [-0.3, -0.25) is 0 Å². The van der Waals surface area contributed by atoms with Gasteiger partial charge in [0.15, 0.2) is 0 Å². The van der Waals surface area contributed by atoms with Crippen molar-refractivity contribution in [1.82, 2.24) is 0 Å². The molecule has 1 aliphatic rings. The maximum atomic E-state index is 15.1. The maximum Gasteiger partial charge on any atom is 0.132 e. The van der Waals surface area contributed by atoms with Crippen molar-refractivity contribution in [3.8, 4) is 0 Å². The fraction of sp³-hybridized carbons (Fsp3) is 0.786. The lowest BCUT2D eigenvalue weighted by Crippen LogP contribution is -2.38. The molecular formula is C28H46F2O5. The van der Waals surface area contributed by atoms with Crippen LogP contribution in [0, 0.1) is 11.6 Å². The van der Waals surface area contributed by atoms with Crippen LogP contribution in [0.2, 0.25) is 0 Å². The first kappa shape index (κ1) is 30.1. The highest BCUT2D eigenvalue weighted by Crippen LogP contribution is 2.39. The largest absolute Gasteiger partial charge is 0.379 e. The van der Waals surface area contributed by atoms with Crippen LogP contribution in [-0.2, 0) is 30.3 Å². The molecule has 5 nitrogen and oxygen atoms in total. The van der Waals surface area contributed by atoms with E-state index in [1.807, 2.05) is 0 Å². The van der Waals surface area contributed by atoms with Crippen molar-refractivity contribution in [1.29, 1.82) is 0 Å². The molecule has 1 saturated heterocycles. The van der Waals surface area contributed by atoms with Gasteiger partial charge in [-0.25, -0.2) is 8.78 Å². The molecule has 1 aromatic rings. The van der Waals surface area contributed by atoms with Gasteiger partial charge in [-0.1, -0.05) is 53.4 Å². The third-order valence-electron chi connectivity index (χ3n) is 6.22. The zero-order valence-corrected chi connectivity index (χ0v) is 22.2. The van der Waals surface area contributed by atoms with E-state index in [1.54, 1.807) is 0 Å². The minimum Gasteiger partial charge on any atom is -0.379 e. The molecule has 0 amide bonds. The molecule has 7 heteroatoms. The van der Waals surface area contributed by atoms with Crippen molar-refractivity contribution in [3.63, 3.8) is 0 Å². The van der Waals surface area contributed by atoms with Crippen molar-refractivity contribution in [2.24, 2.45) is 0 Å². The SMILES string of the molecule is CCCCOCc1cc([C@@H]2O[C@H](COCCCC)[C@H](OCCCC)C2OCCCC)c(F)cc1F. The highest BCUT2D eigenvalue weighted by atomic mass is 19.1. The lowest BCUT2D eigenvalue weighted by molar-refractivity contribution is -0.0795. The predicted octanol–water partition coefficient (Wildman–Crippen LogP) is 6.91. The van der Waals surface area contributed by atoms with Gasteiger partial charge < -0.3 is 23.7 Å². The summed E-state index contributed by atoms with van der Waals surface area (Å²) in [7, 11) is 0. The Morgan fingerprint density at radius 3 is 1.91 bits per heavy atom.